The van der Waals surface area contributed by atoms with Crippen LogP contribution in [0.4, 0.5) is 11.8 Å². The highest BCUT2D eigenvalue weighted by atomic mass is 79.9. The lowest BCUT2D eigenvalue weighted by Crippen LogP contribution is -2.05. The number of hydrogen-bond acceptors (Lipinski definition) is 4. The van der Waals surface area contributed by atoms with E-state index in [1.54, 1.807) is 0 Å². The molecule has 0 aliphatic heterocycles. The lowest BCUT2D eigenvalue weighted by molar-refractivity contribution is 1.08. The van der Waals surface area contributed by atoms with Crippen LogP contribution >= 0.6 is 15.9 Å². The average Bonchev–Trinajstić information content (AvgIpc) is 2.61. The van der Waals surface area contributed by atoms with Crippen LogP contribution in [-0.2, 0) is 6.54 Å². The van der Waals surface area contributed by atoms with Gasteiger partial charge in [-0.05, 0) is 17.7 Å². The quantitative estimate of drug-likeness (QED) is 0.692. The van der Waals surface area contributed by atoms with Crippen LogP contribution in [0.15, 0.2) is 65.1 Å². The molecule has 0 spiro atoms. The van der Waals surface area contributed by atoms with E-state index in [9.17, 15) is 0 Å². The van der Waals surface area contributed by atoms with Crippen LogP contribution in [0.2, 0.25) is 0 Å². The first-order chi connectivity index (χ1) is 11.2. The van der Waals surface area contributed by atoms with E-state index in [0.29, 0.717) is 12.5 Å². The summed E-state index contributed by atoms with van der Waals surface area (Å²) in [6.07, 6.45) is 0. The molecule has 0 aliphatic carbocycles. The zero-order chi connectivity index (χ0) is 16.1. The summed E-state index contributed by atoms with van der Waals surface area (Å²) in [7, 11) is 1.82. The molecule has 0 saturated heterocycles. The molecule has 5 heteroatoms. The number of rotatable bonds is 5. The first kappa shape index (κ1) is 15.5. The van der Waals surface area contributed by atoms with Crippen molar-refractivity contribution in [1.82, 2.24) is 9.97 Å². The van der Waals surface area contributed by atoms with Gasteiger partial charge in [0, 0.05) is 29.7 Å². The molecule has 1 heterocycles. The first-order valence-corrected chi connectivity index (χ1v) is 8.14. The monoisotopic (exact) mass is 368 g/mol. The van der Waals surface area contributed by atoms with E-state index in [1.807, 2.05) is 55.6 Å². The normalized spacial score (nSPS) is 10.3. The second-order valence-corrected chi connectivity index (χ2v) is 5.97. The Balaban J connectivity index is 1.82. The van der Waals surface area contributed by atoms with Crippen molar-refractivity contribution in [2.24, 2.45) is 0 Å². The molecule has 0 bridgehead atoms. The molecule has 0 saturated carbocycles. The van der Waals surface area contributed by atoms with Crippen LogP contribution in [0.3, 0.4) is 0 Å². The zero-order valence-electron chi connectivity index (χ0n) is 12.8. The van der Waals surface area contributed by atoms with E-state index < -0.39 is 0 Å². The molecule has 116 valence electrons. The molecule has 0 unspecified atom stereocenters. The summed E-state index contributed by atoms with van der Waals surface area (Å²) >= 11 is 3.45. The van der Waals surface area contributed by atoms with Crippen molar-refractivity contribution in [3.8, 4) is 11.3 Å². The van der Waals surface area contributed by atoms with Crippen LogP contribution in [0.1, 0.15) is 5.56 Å². The van der Waals surface area contributed by atoms with E-state index in [0.717, 1.165) is 21.5 Å². The van der Waals surface area contributed by atoms with E-state index in [4.69, 9.17) is 0 Å². The SMILES string of the molecule is CNc1nc(NCc2ccc(Br)cc2)cc(-c2ccccc2)n1. The van der Waals surface area contributed by atoms with Crippen molar-refractivity contribution in [2.45, 2.75) is 6.54 Å². The maximum absolute atomic E-state index is 4.52. The maximum Gasteiger partial charge on any atom is 0.224 e. The molecule has 4 nitrogen and oxygen atoms in total. The van der Waals surface area contributed by atoms with Crippen molar-refractivity contribution >= 4 is 27.7 Å². The third-order valence-electron chi connectivity index (χ3n) is 3.41. The molecule has 0 radical (unpaired) electrons. The predicted octanol–water partition coefficient (Wildman–Crippen LogP) is 4.56. The van der Waals surface area contributed by atoms with Crippen molar-refractivity contribution in [1.29, 1.82) is 0 Å². The van der Waals surface area contributed by atoms with Crippen LogP contribution in [-0.4, -0.2) is 17.0 Å². The summed E-state index contributed by atoms with van der Waals surface area (Å²) < 4.78 is 1.08. The Hall–Kier alpha value is -2.40. The van der Waals surface area contributed by atoms with Gasteiger partial charge in [-0.2, -0.15) is 4.98 Å². The van der Waals surface area contributed by atoms with Crippen molar-refractivity contribution < 1.29 is 0 Å². The third kappa shape index (κ3) is 4.07. The fraction of sp³-hybridized carbons (Fsp3) is 0.111. The van der Waals surface area contributed by atoms with Crippen LogP contribution in [0.25, 0.3) is 11.3 Å². The summed E-state index contributed by atoms with van der Waals surface area (Å²) in [5.74, 6) is 1.40. The number of nitrogens with one attached hydrogen (secondary N) is 2. The molecule has 0 atom stereocenters. The number of hydrogen-bond donors (Lipinski definition) is 2. The van der Waals surface area contributed by atoms with Gasteiger partial charge in [0.2, 0.25) is 5.95 Å². The Morgan fingerprint density at radius 2 is 1.70 bits per heavy atom. The van der Waals surface area contributed by atoms with Gasteiger partial charge in [-0.15, -0.1) is 0 Å². The molecule has 1 aromatic heterocycles. The Labute approximate surface area is 144 Å². The second kappa shape index (κ2) is 7.24. The van der Waals surface area contributed by atoms with Crippen LogP contribution in [0, 0.1) is 0 Å². The number of halogens is 1. The van der Waals surface area contributed by atoms with Crippen molar-refractivity contribution in [2.75, 3.05) is 17.7 Å². The van der Waals surface area contributed by atoms with Gasteiger partial charge >= 0.3 is 0 Å². The van der Waals surface area contributed by atoms with Crippen molar-refractivity contribution in [3.63, 3.8) is 0 Å². The minimum Gasteiger partial charge on any atom is -0.366 e. The van der Waals surface area contributed by atoms with Gasteiger partial charge in [0.15, 0.2) is 0 Å². The van der Waals surface area contributed by atoms with Gasteiger partial charge in [0.1, 0.15) is 5.82 Å². The van der Waals surface area contributed by atoms with Gasteiger partial charge in [0.05, 0.1) is 5.69 Å². The summed E-state index contributed by atoms with van der Waals surface area (Å²) in [6, 6.07) is 20.3. The minimum absolute atomic E-state index is 0.602. The predicted molar refractivity (Wildman–Crippen MR) is 98.5 cm³/mol. The number of nitrogens with zero attached hydrogens (tertiary/aromatic N) is 2. The summed E-state index contributed by atoms with van der Waals surface area (Å²) in [5, 5.41) is 6.37. The molecule has 0 aliphatic rings. The minimum atomic E-state index is 0.602. The van der Waals surface area contributed by atoms with Gasteiger partial charge < -0.3 is 10.6 Å². The highest BCUT2D eigenvalue weighted by Gasteiger charge is 2.05. The number of aromatic nitrogens is 2. The average molecular weight is 369 g/mol. The number of benzene rings is 2. The second-order valence-electron chi connectivity index (χ2n) is 5.06. The summed E-state index contributed by atoms with van der Waals surface area (Å²) in [6.45, 7) is 0.710. The molecular formula is C18H17BrN4. The molecule has 0 amide bonds. The van der Waals surface area contributed by atoms with Gasteiger partial charge in [-0.1, -0.05) is 58.4 Å². The lowest BCUT2D eigenvalue weighted by atomic mass is 10.1. The fourth-order valence-electron chi connectivity index (χ4n) is 2.20. The van der Waals surface area contributed by atoms with E-state index >= 15 is 0 Å². The third-order valence-corrected chi connectivity index (χ3v) is 3.93. The molecule has 2 N–H and O–H groups in total. The molecule has 0 fully saturated rings. The lowest BCUT2D eigenvalue weighted by Gasteiger charge is -2.10. The maximum atomic E-state index is 4.52. The largest absolute Gasteiger partial charge is 0.366 e. The van der Waals surface area contributed by atoms with Crippen LogP contribution < -0.4 is 10.6 Å². The van der Waals surface area contributed by atoms with Crippen LogP contribution in [0.5, 0.6) is 0 Å². The highest BCUT2D eigenvalue weighted by Crippen LogP contribution is 2.21. The van der Waals surface area contributed by atoms with E-state index in [2.05, 4.69) is 48.7 Å². The van der Waals surface area contributed by atoms with Gasteiger partial charge in [-0.3, -0.25) is 0 Å². The van der Waals surface area contributed by atoms with Gasteiger partial charge in [-0.25, -0.2) is 4.98 Å². The molecule has 3 aromatic rings. The highest BCUT2D eigenvalue weighted by molar-refractivity contribution is 9.10. The Morgan fingerprint density at radius 3 is 2.39 bits per heavy atom. The topological polar surface area (TPSA) is 49.8 Å². The van der Waals surface area contributed by atoms with E-state index in [1.165, 1.54) is 5.56 Å². The Bertz CT molecular complexity index is 773. The zero-order valence-corrected chi connectivity index (χ0v) is 14.3. The molecule has 3 rings (SSSR count). The molecule has 23 heavy (non-hydrogen) atoms. The first-order valence-electron chi connectivity index (χ1n) is 7.35. The summed E-state index contributed by atoms with van der Waals surface area (Å²) in [5.41, 5.74) is 3.15. The molecular weight excluding hydrogens is 352 g/mol. The van der Waals surface area contributed by atoms with E-state index in [-0.39, 0.29) is 0 Å². The summed E-state index contributed by atoms with van der Waals surface area (Å²) in [4.78, 5) is 8.99. The Morgan fingerprint density at radius 1 is 0.957 bits per heavy atom. The van der Waals surface area contributed by atoms with Crippen molar-refractivity contribution in [3.05, 3.63) is 70.7 Å². The number of anilines is 2. The Kier molecular flexibility index (Phi) is 4.88. The standard InChI is InChI=1S/C18H17BrN4/c1-20-18-22-16(14-5-3-2-4-6-14)11-17(23-18)21-12-13-7-9-15(19)10-8-13/h2-11H,12H2,1H3,(H2,20,21,22,23). The van der Waals surface area contributed by atoms with Gasteiger partial charge in [0.25, 0.3) is 0 Å². The fourth-order valence-corrected chi connectivity index (χ4v) is 2.47. The molecule has 2 aromatic carbocycles. The smallest absolute Gasteiger partial charge is 0.224 e.